The fourth-order valence-corrected chi connectivity index (χ4v) is 6.17. The van der Waals surface area contributed by atoms with E-state index in [1.54, 1.807) is 11.3 Å². The van der Waals surface area contributed by atoms with Crippen LogP contribution >= 0.6 is 11.3 Å². The number of rotatable bonds is 7. The quantitative estimate of drug-likeness (QED) is 0.683. The van der Waals surface area contributed by atoms with E-state index in [0.717, 1.165) is 21.0 Å². The number of hydrogen-bond acceptors (Lipinski definition) is 5. The van der Waals surface area contributed by atoms with E-state index in [2.05, 4.69) is 29.1 Å². The van der Waals surface area contributed by atoms with Gasteiger partial charge < -0.3 is 10.1 Å². The molecule has 1 saturated carbocycles. The first kappa shape index (κ1) is 20.0. The zero-order chi connectivity index (χ0) is 19.6. The molecular weight excluding hydrogens is 390 g/mol. The van der Waals surface area contributed by atoms with Crippen LogP contribution in [0.25, 0.3) is 10.4 Å². The lowest BCUT2D eigenvalue weighted by molar-refractivity contribution is -0.0318. The Balaban J connectivity index is 1.63. The highest BCUT2D eigenvalue weighted by molar-refractivity contribution is 7.83. The van der Waals surface area contributed by atoms with Crippen molar-refractivity contribution in [2.45, 2.75) is 62.3 Å². The van der Waals surface area contributed by atoms with E-state index in [1.165, 1.54) is 37.1 Å². The molecule has 152 valence electrons. The molecular formula is C21H29N3O2S2. The average Bonchev–Trinajstić information content (AvgIpc) is 3.17. The Morgan fingerprint density at radius 2 is 2.07 bits per heavy atom. The molecule has 0 spiro atoms. The van der Waals surface area contributed by atoms with Crippen LogP contribution in [0.15, 0.2) is 29.3 Å². The van der Waals surface area contributed by atoms with Crippen LogP contribution in [-0.4, -0.2) is 34.5 Å². The summed E-state index contributed by atoms with van der Waals surface area (Å²) < 4.78 is 21.3. The van der Waals surface area contributed by atoms with Crippen LogP contribution in [0, 0.1) is 0 Å². The first-order valence-corrected chi connectivity index (χ1v) is 12.2. The largest absolute Gasteiger partial charge is 0.376 e. The fourth-order valence-electron chi connectivity index (χ4n) is 3.95. The van der Waals surface area contributed by atoms with Gasteiger partial charge in [-0.05, 0) is 31.9 Å². The van der Waals surface area contributed by atoms with Crippen molar-refractivity contribution in [1.82, 2.24) is 9.71 Å². The number of anilines is 1. The highest BCUT2D eigenvalue weighted by Gasteiger charge is 2.33. The van der Waals surface area contributed by atoms with Gasteiger partial charge in [0.15, 0.2) is 0 Å². The molecule has 1 aromatic heterocycles. The summed E-state index contributed by atoms with van der Waals surface area (Å²) in [6.07, 6.45) is 8.40. The second-order valence-corrected chi connectivity index (χ2v) is 10.4. The molecule has 7 heteroatoms. The van der Waals surface area contributed by atoms with Crippen LogP contribution in [0.4, 0.5) is 5.69 Å². The number of ether oxygens (including phenoxy) is 1. The molecule has 1 saturated heterocycles. The van der Waals surface area contributed by atoms with Crippen molar-refractivity contribution >= 4 is 28.0 Å². The standard InChI is InChI=1S/C21H29N3O2S2/c1-3-23-28(25)19-11-16(24-21(2)13-26-14-21)9-10-17(19)18-12-22-20(27-18)15-7-5-4-6-8-15/h9-12,15,23-24H,3-8,13-14H2,1-2H3. The number of nitrogens with zero attached hydrogens (tertiary/aromatic N) is 1. The minimum Gasteiger partial charge on any atom is -0.376 e. The smallest absolute Gasteiger partial charge is 0.125 e. The molecule has 1 atom stereocenters. The van der Waals surface area contributed by atoms with Crippen LogP contribution in [0.3, 0.4) is 0 Å². The Bertz CT molecular complexity index is 842. The third kappa shape index (κ3) is 4.32. The summed E-state index contributed by atoms with van der Waals surface area (Å²) in [5.74, 6) is 0.592. The molecule has 2 aliphatic rings. The average molecular weight is 420 g/mol. The van der Waals surface area contributed by atoms with E-state index in [9.17, 15) is 4.21 Å². The van der Waals surface area contributed by atoms with E-state index in [0.29, 0.717) is 25.7 Å². The third-order valence-corrected chi connectivity index (χ3v) is 7.97. The Kier molecular flexibility index (Phi) is 6.16. The maximum Gasteiger partial charge on any atom is 0.125 e. The Hall–Kier alpha value is -1.28. The van der Waals surface area contributed by atoms with Gasteiger partial charge in [-0.3, -0.25) is 0 Å². The minimum absolute atomic E-state index is 0.0445. The van der Waals surface area contributed by atoms with Crippen molar-refractivity contribution in [1.29, 1.82) is 0 Å². The monoisotopic (exact) mass is 419 g/mol. The van der Waals surface area contributed by atoms with Crippen molar-refractivity contribution in [3.8, 4) is 10.4 Å². The predicted molar refractivity (Wildman–Crippen MR) is 116 cm³/mol. The maximum atomic E-state index is 12.9. The zero-order valence-corrected chi connectivity index (χ0v) is 18.3. The molecule has 1 aliphatic heterocycles. The molecule has 2 aromatic rings. The Morgan fingerprint density at radius 3 is 2.75 bits per heavy atom. The van der Waals surface area contributed by atoms with Crippen molar-refractivity contribution in [3.63, 3.8) is 0 Å². The lowest BCUT2D eigenvalue weighted by atomic mass is 9.90. The maximum absolute atomic E-state index is 12.9. The molecule has 1 unspecified atom stereocenters. The molecule has 5 nitrogen and oxygen atoms in total. The normalized spacial score (nSPS) is 20.5. The first-order chi connectivity index (χ1) is 13.6. The van der Waals surface area contributed by atoms with Gasteiger partial charge in [0.25, 0.3) is 0 Å². The van der Waals surface area contributed by atoms with Crippen LogP contribution in [0.2, 0.25) is 0 Å². The summed E-state index contributed by atoms with van der Waals surface area (Å²) in [4.78, 5) is 6.65. The molecule has 4 rings (SSSR count). The molecule has 0 bridgehead atoms. The lowest BCUT2D eigenvalue weighted by Gasteiger charge is -2.39. The summed E-state index contributed by atoms with van der Waals surface area (Å²) in [6.45, 7) is 6.16. The molecule has 2 heterocycles. The van der Waals surface area contributed by atoms with E-state index < -0.39 is 11.0 Å². The number of nitrogens with one attached hydrogen (secondary N) is 2. The summed E-state index contributed by atoms with van der Waals surface area (Å²) in [5.41, 5.74) is 1.95. The summed E-state index contributed by atoms with van der Waals surface area (Å²) in [5, 5.41) is 4.76. The van der Waals surface area contributed by atoms with Gasteiger partial charge in [0, 0.05) is 29.9 Å². The van der Waals surface area contributed by atoms with Crippen LogP contribution in [0.5, 0.6) is 0 Å². The Labute approximate surface area is 173 Å². The van der Waals surface area contributed by atoms with Gasteiger partial charge in [-0.1, -0.05) is 32.3 Å². The molecule has 0 amide bonds. The van der Waals surface area contributed by atoms with Gasteiger partial charge in [-0.2, -0.15) is 0 Å². The highest BCUT2D eigenvalue weighted by atomic mass is 32.2. The van der Waals surface area contributed by atoms with Crippen molar-refractivity contribution < 1.29 is 8.95 Å². The van der Waals surface area contributed by atoms with Gasteiger partial charge in [0.1, 0.15) is 11.0 Å². The molecule has 1 aliphatic carbocycles. The van der Waals surface area contributed by atoms with Crippen molar-refractivity contribution in [3.05, 3.63) is 29.4 Å². The molecule has 1 aromatic carbocycles. The second kappa shape index (κ2) is 8.61. The zero-order valence-electron chi connectivity index (χ0n) is 16.6. The molecule has 2 fully saturated rings. The number of aromatic nitrogens is 1. The fraction of sp³-hybridized carbons (Fsp3) is 0.571. The third-order valence-electron chi connectivity index (χ3n) is 5.49. The van der Waals surface area contributed by atoms with Gasteiger partial charge in [0.05, 0.1) is 33.5 Å². The first-order valence-electron chi connectivity index (χ1n) is 10.2. The van der Waals surface area contributed by atoms with Gasteiger partial charge in [-0.15, -0.1) is 11.3 Å². The van der Waals surface area contributed by atoms with Gasteiger partial charge in [0.2, 0.25) is 0 Å². The van der Waals surface area contributed by atoms with E-state index in [-0.39, 0.29) is 5.54 Å². The van der Waals surface area contributed by atoms with Crippen molar-refractivity contribution in [2.75, 3.05) is 25.1 Å². The second-order valence-electron chi connectivity index (χ2n) is 8.05. The van der Waals surface area contributed by atoms with E-state index in [1.807, 2.05) is 19.2 Å². The molecule has 2 N–H and O–H groups in total. The van der Waals surface area contributed by atoms with E-state index >= 15 is 0 Å². The lowest BCUT2D eigenvalue weighted by Crippen LogP contribution is -2.53. The number of hydrogen-bond donors (Lipinski definition) is 2. The number of thiazole rings is 1. The summed E-state index contributed by atoms with van der Waals surface area (Å²) >= 11 is 1.76. The van der Waals surface area contributed by atoms with Gasteiger partial charge in [-0.25, -0.2) is 13.9 Å². The summed E-state index contributed by atoms with van der Waals surface area (Å²) in [7, 11) is -1.26. The number of benzene rings is 1. The van der Waals surface area contributed by atoms with Crippen LogP contribution in [0.1, 0.15) is 56.9 Å². The van der Waals surface area contributed by atoms with E-state index in [4.69, 9.17) is 9.72 Å². The minimum atomic E-state index is -1.26. The van der Waals surface area contributed by atoms with Crippen LogP contribution < -0.4 is 10.0 Å². The van der Waals surface area contributed by atoms with Gasteiger partial charge >= 0.3 is 0 Å². The predicted octanol–water partition coefficient (Wildman–Crippen LogP) is 4.69. The topological polar surface area (TPSA) is 63.2 Å². The highest BCUT2D eigenvalue weighted by Crippen LogP contribution is 2.39. The molecule has 0 radical (unpaired) electrons. The SMILES string of the molecule is CCNS(=O)c1cc(NC2(C)COC2)ccc1-c1cnc(C2CCCCC2)s1. The summed E-state index contributed by atoms with van der Waals surface area (Å²) in [6, 6.07) is 6.16. The van der Waals surface area contributed by atoms with Crippen LogP contribution in [-0.2, 0) is 15.7 Å². The van der Waals surface area contributed by atoms with Crippen molar-refractivity contribution in [2.24, 2.45) is 0 Å². The Morgan fingerprint density at radius 1 is 1.29 bits per heavy atom. The molecule has 28 heavy (non-hydrogen) atoms.